The highest BCUT2D eigenvalue weighted by Crippen LogP contribution is 2.14. The van der Waals surface area contributed by atoms with Gasteiger partial charge in [0.2, 0.25) is 5.91 Å². The largest absolute Gasteiger partial charge is 0.396 e. The minimum atomic E-state index is 0.176. The molecule has 1 amide bonds. The van der Waals surface area contributed by atoms with E-state index in [1.807, 2.05) is 18.9 Å². The smallest absolute Gasteiger partial charge is 0.222 e. The van der Waals surface area contributed by atoms with Crippen molar-refractivity contribution >= 4 is 5.91 Å². The third kappa shape index (κ3) is 5.91. The van der Waals surface area contributed by atoms with Crippen LogP contribution in [0.1, 0.15) is 46.0 Å². The summed E-state index contributed by atoms with van der Waals surface area (Å²) in [4.78, 5) is 15.9. The van der Waals surface area contributed by atoms with Crippen molar-refractivity contribution in [3.63, 3.8) is 0 Å². The van der Waals surface area contributed by atoms with Crippen LogP contribution in [0.2, 0.25) is 0 Å². The van der Waals surface area contributed by atoms with Crippen LogP contribution in [0.4, 0.5) is 0 Å². The molecule has 1 unspecified atom stereocenters. The highest BCUT2D eigenvalue weighted by Gasteiger charge is 2.16. The Bertz CT molecular complexity index is 257. The standard InChI is InChI=1S/C15H29N2O2/c1-4-8-14(18)16(3)10-6-11-17-12-7-13-19-15(17)9-5-2/h9,15H,4-8,10-13H2,1-3H3/q-1. The molecule has 0 spiro atoms. The molecule has 19 heavy (non-hydrogen) atoms. The second kappa shape index (κ2) is 9.32. The highest BCUT2D eigenvalue weighted by atomic mass is 16.5. The summed E-state index contributed by atoms with van der Waals surface area (Å²) in [6, 6.07) is 0. The molecule has 0 aliphatic carbocycles. The van der Waals surface area contributed by atoms with E-state index in [4.69, 9.17) is 4.74 Å². The molecule has 0 N–H and O–H groups in total. The number of nitrogens with zero attached hydrogens (tertiary/aromatic N) is 2. The van der Waals surface area contributed by atoms with Gasteiger partial charge in [0.25, 0.3) is 0 Å². The predicted molar refractivity (Wildman–Crippen MR) is 77.7 cm³/mol. The minimum absolute atomic E-state index is 0.176. The lowest BCUT2D eigenvalue weighted by atomic mass is 10.2. The topological polar surface area (TPSA) is 32.8 Å². The van der Waals surface area contributed by atoms with Gasteiger partial charge in [-0.15, -0.1) is 0 Å². The van der Waals surface area contributed by atoms with E-state index in [0.717, 1.165) is 51.9 Å². The van der Waals surface area contributed by atoms with E-state index in [2.05, 4.69) is 18.2 Å². The van der Waals surface area contributed by atoms with Gasteiger partial charge in [-0.1, -0.05) is 13.8 Å². The summed E-state index contributed by atoms with van der Waals surface area (Å²) in [5, 5.41) is 0. The van der Waals surface area contributed by atoms with Crippen molar-refractivity contribution in [2.45, 2.75) is 52.2 Å². The van der Waals surface area contributed by atoms with Crippen LogP contribution >= 0.6 is 0 Å². The predicted octanol–water partition coefficient (Wildman–Crippen LogP) is 2.30. The summed E-state index contributed by atoms with van der Waals surface area (Å²) in [5.74, 6) is 0.258. The van der Waals surface area contributed by atoms with Gasteiger partial charge in [-0.3, -0.25) is 11.2 Å². The number of carbonyl (C=O) groups is 1. The number of hydrogen-bond acceptors (Lipinski definition) is 3. The molecule has 0 aromatic heterocycles. The Morgan fingerprint density at radius 2 is 2.26 bits per heavy atom. The number of carbonyl (C=O) groups excluding carboxylic acids is 1. The summed E-state index contributed by atoms with van der Waals surface area (Å²) in [6.07, 6.45) is 7.16. The Morgan fingerprint density at radius 1 is 1.47 bits per heavy atom. The quantitative estimate of drug-likeness (QED) is 0.634. The van der Waals surface area contributed by atoms with Crippen LogP contribution in [0.15, 0.2) is 0 Å². The zero-order valence-corrected chi connectivity index (χ0v) is 12.7. The van der Waals surface area contributed by atoms with Gasteiger partial charge in [-0.05, 0) is 32.0 Å². The van der Waals surface area contributed by atoms with Crippen molar-refractivity contribution in [1.29, 1.82) is 0 Å². The first kappa shape index (κ1) is 16.4. The van der Waals surface area contributed by atoms with E-state index in [1.54, 1.807) is 0 Å². The third-order valence-electron chi connectivity index (χ3n) is 3.50. The Kier molecular flexibility index (Phi) is 8.07. The van der Waals surface area contributed by atoms with Gasteiger partial charge in [0, 0.05) is 33.2 Å². The second-order valence-corrected chi connectivity index (χ2v) is 5.21. The maximum atomic E-state index is 11.7. The van der Waals surface area contributed by atoms with Crippen LogP contribution in [0.25, 0.3) is 0 Å². The highest BCUT2D eigenvalue weighted by molar-refractivity contribution is 5.75. The Morgan fingerprint density at radius 3 is 2.95 bits per heavy atom. The number of ether oxygens (including phenoxy) is 1. The number of hydrogen-bond donors (Lipinski definition) is 0. The van der Waals surface area contributed by atoms with Gasteiger partial charge in [0.15, 0.2) is 0 Å². The number of amides is 1. The third-order valence-corrected chi connectivity index (χ3v) is 3.50. The van der Waals surface area contributed by atoms with Gasteiger partial charge in [-0.2, -0.15) is 6.42 Å². The van der Waals surface area contributed by atoms with Crippen LogP contribution < -0.4 is 0 Å². The fourth-order valence-corrected chi connectivity index (χ4v) is 2.40. The van der Waals surface area contributed by atoms with Gasteiger partial charge >= 0.3 is 0 Å². The zero-order chi connectivity index (χ0) is 14.1. The lowest BCUT2D eigenvalue weighted by Gasteiger charge is -2.41. The van der Waals surface area contributed by atoms with E-state index in [1.165, 1.54) is 0 Å². The first-order chi connectivity index (χ1) is 9.19. The van der Waals surface area contributed by atoms with E-state index in [-0.39, 0.29) is 12.1 Å². The summed E-state index contributed by atoms with van der Waals surface area (Å²) in [6.45, 7) is 8.01. The van der Waals surface area contributed by atoms with Gasteiger partial charge in [0.05, 0.1) is 0 Å². The fraction of sp³-hybridized carbons (Fsp3) is 0.867. The van der Waals surface area contributed by atoms with Crippen LogP contribution in [0.5, 0.6) is 0 Å². The van der Waals surface area contributed by atoms with Crippen LogP contribution in [-0.2, 0) is 9.53 Å². The normalized spacial score (nSPS) is 20.5. The molecule has 112 valence electrons. The van der Waals surface area contributed by atoms with Crippen molar-refractivity contribution in [2.75, 3.05) is 33.3 Å². The summed E-state index contributed by atoms with van der Waals surface area (Å²) in [7, 11) is 1.90. The summed E-state index contributed by atoms with van der Waals surface area (Å²) < 4.78 is 5.76. The average Bonchev–Trinajstić information content (AvgIpc) is 2.41. The van der Waals surface area contributed by atoms with E-state index in [9.17, 15) is 4.79 Å². The SMILES string of the molecule is CC[CH-]C1OCCCN1CCCN(C)C(=O)CCC. The fourth-order valence-electron chi connectivity index (χ4n) is 2.40. The Labute approximate surface area is 118 Å². The minimum Gasteiger partial charge on any atom is -0.396 e. The molecule has 0 aromatic carbocycles. The van der Waals surface area contributed by atoms with Crippen LogP contribution in [-0.4, -0.2) is 55.2 Å². The zero-order valence-electron chi connectivity index (χ0n) is 12.7. The lowest BCUT2D eigenvalue weighted by molar-refractivity contribution is -0.130. The Hall–Kier alpha value is -0.610. The Balaban J connectivity index is 2.24. The van der Waals surface area contributed by atoms with E-state index < -0.39 is 0 Å². The van der Waals surface area contributed by atoms with Crippen molar-refractivity contribution < 1.29 is 9.53 Å². The van der Waals surface area contributed by atoms with E-state index in [0.29, 0.717) is 6.42 Å². The maximum absolute atomic E-state index is 11.7. The molecule has 1 saturated heterocycles. The molecule has 1 fully saturated rings. The van der Waals surface area contributed by atoms with Crippen molar-refractivity contribution in [2.24, 2.45) is 0 Å². The van der Waals surface area contributed by atoms with Crippen LogP contribution in [0, 0.1) is 6.42 Å². The molecule has 4 heteroatoms. The van der Waals surface area contributed by atoms with Gasteiger partial charge in [0.1, 0.15) is 0 Å². The molecule has 1 aliphatic rings. The average molecular weight is 269 g/mol. The first-order valence-corrected chi connectivity index (χ1v) is 7.62. The lowest BCUT2D eigenvalue weighted by Crippen LogP contribution is -2.44. The molecule has 1 rings (SSSR count). The summed E-state index contributed by atoms with van der Waals surface area (Å²) in [5.41, 5.74) is 0. The first-order valence-electron chi connectivity index (χ1n) is 7.62. The molecular formula is C15H29N2O2-. The van der Waals surface area contributed by atoms with Crippen LogP contribution in [0.3, 0.4) is 0 Å². The molecule has 1 heterocycles. The van der Waals surface area contributed by atoms with Crippen molar-refractivity contribution in [3.8, 4) is 0 Å². The molecule has 4 nitrogen and oxygen atoms in total. The van der Waals surface area contributed by atoms with Gasteiger partial charge < -0.3 is 14.5 Å². The molecule has 0 bridgehead atoms. The molecular weight excluding hydrogens is 240 g/mol. The summed E-state index contributed by atoms with van der Waals surface area (Å²) >= 11 is 0. The molecule has 0 aromatic rings. The maximum Gasteiger partial charge on any atom is 0.222 e. The molecule has 1 aliphatic heterocycles. The van der Waals surface area contributed by atoms with Gasteiger partial charge in [-0.25, -0.2) is 0 Å². The second-order valence-electron chi connectivity index (χ2n) is 5.21. The van der Waals surface area contributed by atoms with Crippen molar-refractivity contribution in [1.82, 2.24) is 9.80 Å². The number of rotatable bonds is 8. The molecule has 1 atom stereocenters. The molecule has 0 radical (unpaired) electrons. The molecule has 0 saturated carbocycles. The van der Waals surface area contributed by atoms with Crippen molar-refractivity contribution in [3.05, 3.63) is 6.42 Å². The van der Waals surface area contributed by atoms with E-state index >= 15 is 0 Å². The monoisotopic (exact) mass is 269 g/mol.